The number of amides is 3. The molecule has 3 N–H and O–H groups in total. The molecule has 1 heterocycles. The SMILES string of the molecule is C=CC(CC(C=CCl)C(F)(F)F)NC(=O)Nc1ccc(Oc2ccnc(C(=O)NC)c2)cc1. The van der Waals surface area contributed by atoms with Crippen molar-refractivity contribution in [2.75, 3.05) is 12.4 Å². The van der Waals surface area contributed by atoms with Gasteiger partial charge in [-0.1, -0.05) is 23.8 Å². The molecule has 0 fully saturated rings. The number of carbonyl (C=O) groups excluding carboxylic acids is 2. The van der Waals surface area contributed by atoms with E-state index in [0.29, 0.717) is 17.2 Å². The first kappa shape index (κ1) is 25.7. The lowest BCUT2D eigenvalue weighted by molar-refractivity contribution is -0.163. The summed E-state index contributed by atoms with van der Waals surface area (Å²) >= 11 is 5.30. The molecule has 0 spiro atoms. The summed E-state index contributed by atoms with van der Waals surface area (Å²) in [6.07, 6.45) is -1.48. The fourth-order valence-corrected chi connectivity index (χ4v) is 2.88. The predicted molar refractivity (Wildman–Crippen MR) is 119 cm³/mol. The van der Waals surface area contributed by atoms with E-state index in [2.05, 4.69) is 27.5 Å². The van der Waals surface area contributed by atoms with Crippen molar-refractivity contribution in [2.45, 2.75) is 18.6 Å². The Kier molecular flexibility index (Phi) is 9.29. The van der Waals surface area contributed by atoms with Crippen molar-refractivity contribution in [2.24, 2.45) is 5.92 Å². The Balaban J connectivity index is 1.96. The van der Waals surface area contributed by atoms with Crippen LogP contribution in [0.4, 0.5) is 23.7 Å². The van der Waals surface area contributed by atoms with Crippen molar-refractivity contribution < 1.29 is 27.5 Å². The van der Waals surface area contributed by atoms with E-state index >= 15 is 0 Å². The van der Waals surface area contributed by atoms with Crippen LogP contribution in [0.25, 0.3) is 0 Å². The number of nitrogens with one attached hydrogen (secondary N) is 3. The Morgan fingerprint density at radius 2 is 1.91 bits per heavy atom. The highest BCUT2D eigenvalue weighted by Crippen LogP contribution is 2.31. The molecule has 1 aromatic heterocycles. The van der Waals surface area contributed by atoms with Crippen molar-refractivity contribution in [1.82, 2.24) is 15.6 Å². The highest BCUT2D eigenvalue weighted by molar-refractivity contribution is 6.25. The van der Waals surface area contributed by atoms with Gasteiger partial charge in [-0.15, -0.1) is 6.58 Å². The normalized spacial score (nSPS) is 13.1. The second-order valence-corrected chi connectivity index (χ2v) is 6.98. The number of alkyl halides is 3. The Morgan fingerprint density at radius 3 is 2.48 bits per heavy atom. The molecule has 1 aromatic carbocycles. The Bertz CT molecular complexity index is 997. The first-order valence-corrected chi connectivity index (χ1v) is 10.1. The second kappa shape index (κ2) is 11.9. The Labute approximate surface area is 193 Å². The summed E-state index contributed by atoms with van der Waals surface area (Å²) in [6, 6.07) is 7.66. The van der Waals surface area contributed by atoms with Crippen molar-refractivity contribution in [1.29, 1.82) is 0 Å². The third-order valence-electron chi connectivity index (χ3n) is 4.37. The highest BCUT2D eigenvalue weighted by atomic mass is 35.5. The zero-order chi connectivity index (χ0) is 24.4. The first-order chi connectivity index (χ1) is 15.7. The Hall–Kier alpha value is -3.53. The van der Waals surface area contributed by atoms with Crippen LogP contribution in [0.1, 0.15) is 16.9 Å². The number of benzene rings is 1. The van der Waals surface area contributed by atoms with E-state index in [4.69, 9.17) is 16.3 Å². The summed E-state index contributed by atoms with van der Waals surface area (Å²) in [7, 11) is 1.49. The topological polar surface area (TPSA) is 92.3 Å². The molecule has 2 unspecified atom stereocenters. The fourth-order valence-electron chi connectivity index (χ4n) is 2.70. The Morgan fingerprint density at radius 1 is 1.21 bits per heavy atom. The number of hydrogen-bond acceptors (Lipinski definition) is 4. The third-order valence-corrected chi connectivity index (χ3v) is 4.52. The quantitative estimate of drug-likeness (QED) is 0.427. The van der Waals surface area contributed by atoms with Gasteiger partial charge in [-0.05, 0) is 36.8 Å². The largest absolute Gasteiger partial charge is 0.457 e. The van der Waals surface area contributed by atoms with Crippen LogP contribution in [0, 0.1) is 5.92 Å². The molecule has 0 saturated heterocycles. The zero-order valence-electron chi connectivity index (χ0n) is 17.5. The van der Waals surface area contributed by atoms with E-state index in [1.54, 1.807) is 30.3 Å². The number of nitrogens with zero attached hydrogens (tertiary/aromatic N) is 1. The number of carbonyl (C=O) groups is 2. The summed E-state index contributed by atoms with van der Waals surface area (Å²) in [6.45, 7) is 3.48. The molecule has 33 heavy (non-hydrogen) atoms. The molecule has 0 bridgehead atoms. The molecule has 0 aliphatic heterocycles. The number of anilines is 1. The number of rotatable bonds is 9. The lowest BCUT2D eigenvalue weighted by Crippen LogP contribution is -2.39. The number of ether oxygens (including phenoxy) is 1. The maximum Gasteiger partial charge on any atom is 0.395 e. The van der Waals surface area contributed by atoms with Crippen molar-refractivity contribution >= 4 is 29.2 Å². The van der Waals surface area contributed by atoms with Gasteiger partial charge in [0.15, 0.2) is 0 Å². The molecule has 0 aliphatic carbocycles. The average Bonchev–Trinajstić information content (AvgIpc) is 2.78. The van der Waals surface area contributed by atoms with Crippen LogP contribution >= 0.6 is 11.6 Å². The monoisotopic (exact) mass is 482 g/mol. The fraction of sp³-hybridized carbons (Fsp3) is 0.227. The summed E-state index contributed by atoms with van der Waals surface area (Å²) in [5.74, 6) is -1.36. The van der Waals surface area contributed by atoms with Gasteiger partial charge in [-0.2, -0.15) is 13.2 Å². The molecule has 0 aliphatic rings. The summed E-state index contributed by atoms with van der Waals surface area (Å²) in [4.78, 5) is 27.8. The minimum Gasteiger partial charge on any atom is -0.457 e. The number of allylic oxidation sites excluding steroid dienone is 1. The van der Waals surface area contributed by atoms with E-state index in [1.165, 1.54) is 25.4 Å². The molecular formula is C22H22ClF3N4O3. The second-order valence-electron chi connectivity index (χ2n) is 6.73. The van der Waals surface area contributed by atoms with Gasteiger partial charge in [-0.3, -0.25) is 9.78 Å². The van der Waals surface area contributed by atoms with E-state index in [-0.39, 0.29) is 11.6 Å². The van der Waals surface area contributed by atoms with Crippen molar-refractivity contribution in [3.8, 4) is 11.5 Å². The van der Waals surface area contributed by atoms with Crippen LogP contribution in [0.15, 0.2) is 66.9 Å². The standard InChI is InChI=1S/C22H22ClF3N4O3/c1-3-15(12-14(8-10-23)22(24,25)26)29-21(32)30-16-4-6-17(7-5-16)33-18-9-11-28-19(13-18)20(31)27-2/h3-11,13-15H,1,12H2,2H3,(H,27,31)(H2,29,30,32). The molecule has 7 nitrogen and oxygen atoms in total. The average molecular weight is 483 g/mol. The lowest BCUT2D eigenvalue weighted by Gasteiger charge is -2.22. The minimum absolute atomic E-state index is 0.191. The number of hydrogen-bond donors (Lipinski definition) is 3. The molecule has 11 heteroatoms. The van der Waals surface area contributed by atoms with E-state index in [0.717, 1.165) is 11.6 Å². The van der Waals surface area contributed by atoms with Crippen LogP contribution in [0.2, 0.25) is 0 Å². The van der Waals surface area contributed by atoms with Crippen LogP contribution < -0.4 is 20.7 Å². The number of pyridine rings is 1. The maximum atomic E-state index is 13.1. The molecule has 0 radical (unpaired) electrons. The summed E-state index contributed by atoms with van der Waals surface area (Å²) in [5.41, 5.74) is 1.38. The van der Waals surface area contributed by atoms with Crippen LogP contribution in [0.5, 0.6) is 11.5 Å². The van der Waals surface area contributed by atoms with E-state index < -0.39 is 30.6 Å². The highest BCUT2D eigenvalue weighted by Gasteiger charge is 2.38. The van der Waals surface area contributed by atoms with E-state index in [9.17, 15) is 22.8 Å². The van der Waals surface area contributed by atoms with Gasteiger partial charge >= 0.3 is 12.2 Å². The molecular weight excluding hydrogens is 461 g/mol. The molecule has 2 aromatic rings. The van der Waals surface area contributed by atoms with Gasteiger partial charge in [0.1, 0.15) is 17.2 Å². The molecule has 3 amide bonds. The lowest BCUT2D eigenvalue weighted by atomic mass is 9.99. The number of halogens is 4. The number of aromatic nitrogens is 1. The van der Waals surface area contributed by atoms with Crippen LogP contribution in [0.3, 0.4) is 0 Å². The van der Waals surface area contributed by atoms with Crippen LogP contribution in [-0.4, -0.2) is 36.2 Å². The van der Waals surface area contributed by atoms with Gasteiger partial charge < -0.3 is 20.7 Å². The predicted octanol–water partition coefficient (Wildman–Crippen LogP) is 5.23. The third kappa shape index (κ3) is 8.15. The zero-order valence-corrected chi connectivity index (χ0v) is 18.3. The van der Waals surface area contributed by atoms with Crippen molar-refractivity contribution in [3.63, 3.8) is 0 Å². The summed E-state index contributed by atoms with van der Waals surface area (Å²) in [5, 5.41) is 7.43. The molecule has 176 valence electrons. The van der Waals surface area contributed by atoms with Gasteiger partial charge in [0.05, 0.1) is 5.92 Å². The molecule has 2 atom stereocenters. The number of urea groups is 1. The molecule has 2 rings (SSSR count). The summed E-state index contributed by atoms with van der Waals surface area (Å²) < 4.78 is 44.8. The first-order valence-electron chi connectivity index (χ1n) is 9.66. The maximum absolute atomic E-state index is 13.1. The van der Waals surface area contributed by atoms with E-state index in [1.807, 2.05) is 0 Å². The van der Waals surface area contributed by atoms with Gasteiger partial charge in [-0.25, -0.2) is 4.79 Å². The minimum atomic E-state index is -4.50. The molecule has 0 saturated carbocycles. The van der Waals surface area contributed by atoms with Crippen LogP contribution in [-0.2, 0) is 0 Å². The smallest absolute Gasteiger partial charge is 0.395 e. The van der Waals surface area contributed by atoms with Gasteiger partial charge in [0.2, 0.25) is 0 Å². The van der Waals surface area contributed by atoms with Gasteiger partial charge in [0.25, 0.3) is 5.91 Å². The van der Waals surface area contributed by atoms with Gasteiger partial charge in [0, 0.05) is 36.6 Å². The van der Waals surface area contributed by atoms with Crippen molar-refractivity contribution in [3.05, 3.63) is 72.6 Å².